The maximum absolute atomic E-state index is 13.2. The highest BCUT2D eigenvalue weighted by Crippen LogP contribution is 2.37. The van der Waals surface area contributed by atoms with Crippen LogP contribution in [-0.4, -0.2) is 51.2 Å². The quantitative estimate of drug-likeness (QED) is 0.675. The van der Waals surface area contributed by atoms with Crippen molar-refractivity contribution in [2.45, 2.75) is 63.9 Å². The number of carbonyl (C=O) groups is 1. The molecule has 1 fully saturated rings. The zero-order valence-electron chi connectivity index (χ0n) is 18.6. The number of fused-ring (bicyclic) bond motifs is 1. The van der Waals surface area contributed by atoms with Gasteiger partial charge >= 0.3 is 0 Å². The van der Waals surface area contributed by atoms with E-state index in [2.05, 4.69) is 18.8 Å². The second-order valence-electron chi connectivity index (χ2n) is 8.85. The Morgan fingerprint density at radius 2 is 2.00 bits per heavy atom. The number of anilines is 1. The average molecular weight is 447 g/mol. The van der Waals surface area contributed by atoms with E-state index in [1.54, 1.807) is 16.5 Å². The molecule has 2 aromatic rings. The molecule has 0 saturated carbocycles. The fourth-order valence-corrected chi connectivity index (χ4v) is 5.92. The zero-order chi connectivity index (χ0) is 22.3. The predicted octanol–water partition coefficient (Wildman–Crippen LogP) is 2.37. The molecule has 0 aliphatic carbocycles. The van der Waals surface area contributed by atoms with E-state index in [9.17, 15) is 13.2 Å². The van der Waals surface area contributed by atoms with Crippen LogP contribution in [0.25, 0.3) is 0 Å². The van der Waals surface area contributed by atoms with E-state index in [1.165, 1.54) is 16.8 Å². The third kappa shape index (κ3) is 4.10. The van der Waals surface area contributed by atoms with Crippen molar-refractivity contribution in [2.75, 3.05) is 18.0 Å². The highest BCUT2D eigenvalue weighted by molar-refractivity contribution is 7.89. The normalized spacial score (nSPS) is 20.0. The molecule has 31 heavy (non-hydrogen) atoms. The highest BCUT2D eigenvalue weighted by Gasteiger charge is 2.40. The molecule has 2 aromatic heterocycles. The van der Waals surface area contributed by atoms with Gasteiger partial charge in [-0.25, -0.2) is 23.4 Å². The summed E-state index contributed by atoms with van der Waals surface area (Å²) in [6.45, 7) is 7.20. The number of imidazole rings is 1. The number of rotatable bonds is 6. The Balaban J connectivity index is 1.71. The summed E-state index contributed by atoms with van der Waals surface area (Å²) in [4.78, 5) is 28.0. The lowest BCUT2D eigenvalue weighted by molar-refractivity contribution is -0.119. The molecule has 4 heterocycles. The zero-order valence-corrected chi connectivity index (χ0v) is 19.4. The molecule has 10 heteroatoms. The van der Waals surface area contributed by atoms with E-state index in [1.807, 2.05) is 6.92 Å². The number of hydrogen-bond donors (Lipinski definition) is 0. The topological polar surface area (TPSA) is 101 Å². The Labute approximate surface area is 183 Å². The van der Waals surface area contributed by atoms with Crippen LogP contribution < -0.4 is 4.90 Å². The van der Waals surface area contributed by atoms with Crippen LogP contribution in [0.2, 0.25) is 0 Å². The first kappa shape index (κ1) is 21.9. The van der Waals surface area contributed by atoms with Crippen LogP contribution in [0.3, 0.4) is 0 Å². The van der Waals surface area contributed by atoms with E-state index in [0.717, 1.165) is 24.1 Å². The molecule has 1 atom stereocenters. The molecular weight excluding hydrogens is 416 g/mol. The van der Waals surface area contributed by atoms with E-state index in [0.29, 0.717) is 49.9 Å². The predicted molar refractivity (Wildman–Crippen MR) is 116 cm³/mol. The number of amides is 1. The van der Waals surface area contributed by atoms with E-state index in [4.69, 9.17) is 9.97 Å². The van der Waals surface area contributed by atoms with Gasteiger partial charge < -0.3 is 4.57 Å². The minimum absolute atomic E-state index is 0.0327. The summed E-state index contributed by atoms with van der Waals surface area (Å²) in [6, 6.07) is -0.458. The third-order valence-electron chi connectivity index (χ3n) is 6.04. The smallest absolute Gasteiger partial charge is 0.262 e. The lowest BCUT2D eigenvalue weighted by Gasteiger charge is -2.31. The summed E-state index contributed by atoms with van der Waals surface area (Å²) in [7, 11) is -2.01. The maximum atomic E-state index is 13.2. The fourth-order valence-electron chi connectivity index (χ4n) is 4.30. The molecule has 0 bridgehead atoms. The van der Waals surface area contributed by atoms with Gasteiger partial charge in [-0.1, -0.05) is 13.8 Å². The first-order valence-corrected chi connectivity index (χ1v) is 12.3. The Morgan fingerprint density at radius 3 is 2.68 bits per heavy atom. The molecule has 2 aliphatic heterocycles. The number of nitrogens with zero attached hydrogens (tertiary/aromatic N) is 6. The number of hydrogen-bond acceptors (Lipinski definition) is 6. The SMILES string of the molecule is Cc1nc([C@H]2CCCN2S(=O)(=O)c2cn(C)cn2)nc2c1CCC(=O)N2CCC(C)C. The van der Waals surface area contributed by atoms with Crippen LogP contribution in [0.5, 0.6) is 0 Å². The van der Waals surface area contributed by atoms with Crippen molar-refractivity contribution in [3.63, 3.8) is 0 Å². The average Bonchev–Trinajstić information content (AvgIpc) is 3.36. The molecule has 0 spiro atoms. The highest BCUT2D eigenvalue weighted by atomic mass is 32.2. The maximum Gasteiger partial charge on any atom is 0.262 e. The number of aryl methyl sites for hydroxylation is 2. The summed E-state index contributed by atoms with van der Waals surface area (Å²) in [5.41, 5.74) is 1.81. The first-order valence-electron chi connectivity index (χ1n) is 10.9. The Kier molecular flexibility index (Phi) is 5.87. The molecular formula is C21H30N6O3S. The lowest BCUT2D eigenvalue weighted by atomic mass is 10.0. The number of sulfonamides is 1. The van der Waals surface area contributed by atoms with Gasteiger partial charge in [0.15, 0.2) is 5.03 Å². The van der Waals surface area contributed by atoms with Gasteiger partial charge in [0.1, 0.15) is 11.6 Å². The summed E-state index contributed by atoms with van der Waals surface area (Å²) >= 11 is 0. The second-order valence-corrected chi connectivity index (χ2v) is 10.7. The minimum Gasteiger partial charge on any atom is -0.339 e. The van der Waals surface area contributed by atoms with E-state index < -0.39 is 16.1 Å². The van der Waals surface area contributed by atoms with Gasteiger partial charge in [-0.05, 0) is 38.5 Å². The van der Waals surface area contributed by atoms with Crippen molar-refractivity contribution >= 4 is 21.7 Å². The molecule has 0 unspecified atom stereocenters. The van der Waals surface area contributed by atoms with E-state index >= 15 is 0 Å². The Morgan fingerprint density at radius 1 is 1.23 bits per heavy atom. The summed E-state index contributed by atoms with van der Waals surface area (Å²) in [5, 5.41) is 0.0327. The molecule has 1 saturated heterocycles. The third-order valence-corrected chi connectivity index (χ3v) is 7.83. The van der Waals surface area contributed by atoms with Gasteiger partial charge in [0.2, 0.25) is 5.91 Å². The Hall–Kier alpha value is -2.33. The van der Waals surface area contributed by atoms with Crippen LogP contribution in [0.4, 0.5) is 5.82 Å². The largest absolute Gasteiger partial charge is 0.339 e. The van der Waals surface area contributed by atoms with Crippen molar-refractivity contribution in [3.8, 4) is 0 Å². The number of aromatic nitrogens is 4. The van der Waals surface area contributed by atoms with Gasteiger partial charge in [0, 0.05) is 44.0 Å². The molecule has 1 amide bonds. The standard InChI is InChI=1S/C21H30N6O3S/c1-14(2)9-11-26-19(28)8-7-16-15(3)23-20(24-21(16)26)17-6-5-10-27(17)31(29,30)18-12-25(4)13-22-18/h12-14,17H,5-11H2,1-4H3/t17-/m1/s1. The van der Waals surface area contributed by atoms with Gasteiger partial charge in [-0.2, -0.15) is 4.31 Å². The Bertz CT molecular complexity index is 1090. The molecule has 0 N–H and O–H groups in total. The van der Waals surface area contributed by atoms with Crippen molar-refractivity contribution in [1.82, 2.24) is 23.8 Å². The monoisotopic (exact) mass is 446 g/mol. The van der Waals surface area contributed by atoms with Gasteiger partial charge in [-0.3, -0.25) is 9.69 Å². The summed E-state index contributed by atoms with van der Waals surface area (Å²) in [5.74, 6) is 1.66. The fraction of sp³-hybridized carbons (Fsp3) is 0.619. The summed E-state index contributed by atoms with van der Waals surface area (Å²) < 4.78 is 29.5. The lowest BCUT2D eigenvalue weighted by Crippen LogP contribution is -2.38. The van der Waals surface area contributed by atoms with Crippen LogP contribution in [-0.2, 0) is 28.3 Å². The van der Waals surface area contributed by atoms with E-state index in [-0.39, 0.29) is 10.9 Å². The molecule has 168 valence electrons. The molecule has 9 nitrogen and oxygen atoms in total. The van der Waals surface area contributed by atoms with Crippen LogP contribution in [0, 0.1) is 12.8 Å². The van der Waals surface area contributed by atoms with Crippen molar-refractivity contribution < 1.29 is 13.2 Å². The second kappa shape index (κ2) is 8.31. The van der Waals surface area contributed by atoms with Crippen molar-refractivity contribution in [3.05, 3.63) is 29.6 Å². The van der Waals surface area contributed by atoms with Gasteiger partial charge in [0.05, 0.1) is 12.4 Å². The van der Waals surface area contributed by atoms with Crippen LogP contribution >= 0.6 is 0 Å². The number of carbonyl (C=O) groups excluding carboxylic acids is 1. The van der Waals surface area contributed by atoms with Crippen molar-refractivity contribution in [2.24, 2.45) is 13.0 Å². The van der Waals surface area contributed by atoms with Crippen LogP contribution in [0.1, 0.15) is 62.7 Å². The summed E-state index contributed by atoms with van der Waals surface area (Å²) in [6.07, 6.45) is 6.33. The van der Waals surface area contributed by atoms with Crippen molar-refractivity contribution in [1.29, 1.82) is 0 Å². The van der Waals surface area contributed by atoms with Crippen LogP contribution in [0.15, 0.2) is 17.6 Å². The minimum atomic E-state index is -3.75. The van der Waals surface area contributed by atoms with Gasteiger partial charge in [0.25, 0.3) is 10.0 Å². The molecule has 4 rings (SSSR count). The molecule has 2 aliphatic rings. The molecule has 0 radical (unpaired) electrons. The first-order chi connectivity index (χ1) is 14.7. The van der Waals surface area contributed by atoms with Gasteiger partial charge in [-0.15, -0.1) is 0 Å². The molecule has 0 aromatic carbocycles.